The maximum Gasteiger partial charge on any atom is 0.358 e. The Morgan fingerprint density at radius 1 is 1.39 bits per heavy atom. The minimum atomic E-state index is -0.500. The van der Waals surface area contributed by atoms with Gasteiger partial charge in [0.05, 0.1) is 12.8 Å². The number of methoxy groups -OCH3 is 1. The Labute approximate surface area is 104 Å². The van der Waals surface area contributed by atoms with Crippen molar-refractivity contribution in [3.05, 3.63) is 47.3 Å². The third kappa shape index (κ3) is 2.02. The first-order chi connectivity index (χ1) is 8.67. The fraction of sp³-hybridized carbons (Fsp3) is 0.154. The highest BCUT2D eigenvalue weighted by atomic mass is 16.5. The van der Waals surface area contributed by atoms with Gasteiger partial charge in [0, 0.05) is 11.3 Å². The van der Waals surface area contributed by atoms with Gasteiger partial charge in [-0.25, -0.2) is 9.48 Å². The zero-order valence-electron chi connectivity index (χ0n) is 10.1. The van der Waals surface area contributed by atoms with Crippen LogP contribution in [0, 0.1) is 6.92 Å². The van der Waals surface area contributed by atoms with Gasteiger partial charge in [-0.2, -0.15) is 5.10 Å². The van der Waals surface area contributed by atoms with Gasteiger partial charge in [0.25, 0.3) is 0 Å². The van der Waals surface area contributed by atoms with Gasteiger partial charge in [-0.15, -0.1) is 0 Å². The highest BCUT2D eigenvalue weighted by molar-refractivity contribution is 5.87. The summed E-state index contributed by atoms with van der Waals surface area (Å²) in [6, 6.07) is 8.66. The highest BCUT2D eigenvalue weighted by Crippen LogP contribution is 2.15. The lowest BCUT2D eigenvalue weighted by atomic mass is 10.2. The fourth-order valence-corrected chi connectivity index (χ4v) is 1.70. The number of aldehydes is 1. The van der Waals surface area contributed by atoms with Crippen molar-refractivity contribution >= 4 is 12.3 Å². The van der Waals surface area contributed by atoms with Crippen molar-refractivity contribution in [3.63, 3.8) is 0 Å². The molecule has 0 N–H and O–H groups in total. The number of ether oxygens (including phenoxy) is 1. The molecule has 92 valence electrons. The Morgan fingerprint density at radius 3 is 2.78 bits per heavy atom. The summed E-state index contributed by atoms with van der Waals surface area (Å²) < 4.78 is 6.16. The molecule has 0 amide bonds. The lowest BCUT2D eigenvalue weighted by molar-refractivity contribution is 0.0593. The number of aryl methyl sites for hydroxylation is 1. The minimum absolute atomic E-state index is 0.218. The standard InChI is InChI=1S/C13H12N2O3/c1-9-7-11(13(17)18-2)14-15(9)12-6-4-3-5-10(12)8-16/h3-8H,1-2H3. The number of carbonyl (C=O) groups is 2. The zero-order chi connectivity index (χ0) is 13.1. The van der Waals surface area contributed by atoms with Gasteiger partial charge in [0.15, 0.2) is 12.0 Å². The van der Waals surface area contributed by atoms with Gasteiger partial charge < -0.3 is 4.74 Å². The first-order valence-corrected chi connectivity index (χ1v) is 5.37. The normalized spacial score (nSPS) is 10.1. The van der Waals surface area contributed by atoms with E-state index in [1.807, 2.05) is 0 Å². The van der Waals surface area contributed by atoms with Crippen LogP contribution in [0.25, 0.3) is 5.69 Å². The number of carbonyl (C=O) groups excluding carboxylic acids is 2. The Kier molecular flexibility index (Phi) is 3.23. The molecule has 0 radical (unpaired) electrons. The van der Waals surface area contributed by atoms with Crippen LogP contribution in [0.1, 0.15) is 26.5 Å². The summed E-state index contributed by atoms with van der Waals surface area (Å²) in [5, 5.41) is 4.14. The molecule has 0 atom stereocenters. The quantitative estimate of drug-likeness (QED) is 0.610. The Bertz CT molecular complexity index is 602. The van der Waals surface area contributed by atoms with Crippen LogP contribution in [-0.4, -0.2) is 29.1 Å². The average molecular weight is 244 g/mol. The van der Waals surface area contributed by atoms with Gasteiger partial charge >= 0.3 is 5.97 Å². The van der Waals surface area contributed by atoms with Crippen molar-refractivity contribution in [2.75, 3.05) is 7.11 Å². The number of rotatable bonds is 3. The van der Waals surface area contributed by atoms with E-state index in [1.54, 1.807) is 41.9 Å². The van der Waals surface area contributed by atoms with E-state index in [-0.39, 0.29) is 5.69 Å². The van der Waals surface area contributed by atoms with Gasteiger partial charge in [-0.1, -0.05) is 12.1 Å². The minimum Gasteiger partial charge on any atom is -0.464 e. The van der Waals surface area contributed by atoms with Crippen molar-refractivity contribution in [1.29, 1.82) is 0 Å². The van der Waals surface area contributed by atoms with Crippen LogP contribution in [0.2, 0.25) is 0 Å². The molecule has 0 spiro atoms. The second-order valence-electron chi connectivity index (χ2n) is 3.75. The lowest BCUT2D eigenvalue weighted by Crippen LogP contribution is -2.06. The number of aromatic nitrogens is 2. The predicted octanol–water partition coefficient (Wildman–Crippen LogP) is 1.78. The Hall–Kier alpha value is -2.43. The molecule has 0 unspecified atom stereocenters. The van der Waals surface area contributed by atoms with E-state index in [4.69, 9.17) is 0 Å². The molecular weight excluding hydrogens is 232 g/mol. The molecule has 2 rings (SSSR count). The molecule has 0 aliphatic carbocycles. The summed E-state index contributed by atoms with van der Waals surface area (Å²) in [5.41, 5.74) is 2.13. The van der Waals surface area contributed by atoms with Crippen LogP contribution in [0.3, 0.4) is 0 Å². The summed E-state index contributed by atoms with van der Waals surface area (Å²) in [5.74, 6) is -0.500. The molecule has 0 aliphatic heterocycles. The van der Waals surface area contributed by atoms with Crippen LogP contribution >= 0.6 is 0 Å². The van der Waals surface area contributed by atoms with Crippen molar-refractivity contribution in [2.45, 2.75) is 6.92 Å². The largest absolute Gasteiger partial charge is 0.464 e. The van der Waals surface area contributed by atoms with Gasteiger partial charge in [-0.3, -0.25) is 4.79 Å². The number of nitrogens with zero attached hydrogens (tertiary/aromatic N) is 2. The van der Waals surface area contributed by atoms with Crippen LogP contribution in [0.5, 0.6) is 0 Å². The molecule has 5 nitrogen and oxygen atoms in total. The zero-order valence-corrected chi connectivity index (χ0v) is 10.1. The number of hydrogen-bond acceptors (Lipinski definition) is 4. The molecule has 1 heterocycles. The van der Waals surface area contributed by atoms with Crippen LogP contribution in [0.4, 0.5) is 0 Å². The second kappa shape index (κ2) is 4.83. The van der Waals surface area contributed by atoms with E-state index in [0.717, 1.165) is 12.0 Å². The third-order valence-corrected chi connectivity index (χ3v) is 2.57. The molecule has 0 bridgehead atoms. The third-order valence-electron chi connectivity index (χ3n) is 2.57. The Morgan fingerprint density at radius 2 is 2.11 bits per heavy atom. The summed E-state index contributed by atoms with van der Waals surface area (Å²) >= 11 is 0. The van der Waals surface area contributed by atoms with E-state index >= 15 is 0 Å². The molecule has 18 heavy (non-hydrogen) atoms. The monoisotopic (exact) mass is 244 g/mol. The van der Waals surface area contributed by atoms with Crippen molar-refractivity contribution in [1.82, 2.24) is 9.78 Å². The highest BCUT2D eigenvalue weighted by Gasteiger charge is 2.14. The number of para-hydroxylation sites is 1. The number of benzene rings is 1. The summed E-state index contributed by atoms with van der Waals surface area (Å²) in [6.07, 6.45) is 0.758. The molecule has 1 aromatic heterocycles. The average Bonchev–Trinajstić information content (AvgIpc) is 2.79. The second-order valence-corrected chi connectivity index (χ2v) is 3.75. The smallest absolute Gasteiger partial charge is 0.358 e. The van der Waals surface area contributed by atoms with Gasteiger partial charge in [0.2, 0.25) is 0 Å². The van der Waals surface area contributed by atoms with Gasteiger partial charge in [-0.05, 0) is 25.1 Å². The fourth-order valence-electron chi connectivity index (χ4n) is 1.70. The van der Waals surface area contributed by atoms with Crippen molar-refractivity contribution in [3.8, 4) is 5.69 Å². The van der Waals surface area contributed by atoms with E-state index in [1.165, 1.54) is 7.11 Å². The summed E-state index contributed by atoms with van der Waals surface area (Å²) in [6.45, 7) is 1.81. The van der Waals surface area contributed by atoms with Gasteiger partial charge in [0.1, 0.15) is 0 Å². The molecule has 0 aliphatic rings. The topological polar surface area (TPSA) is 61.2 Å². The number of esters is 1. The van der Waals surface area contributed by atoms with Crippen molar-refractivity contribution in [2.24, 2.45) is 0 Å². The SMILES string of the molecule is COC(=O)c1cc(C)n(-c2ccccc2C=O)n1. The molecular formula is C13H12N2O3. The first kappa shape index (κ1) is 12.0. The Balaban J connectivity index is 2.54. The molecule has 0 saturated carbocycles. The lowest BCUT2D eigenvalue weighted by Gasteiger charge is -2.06. The molecule has 5 heteroatoms. The summed E-state index contributed by atoms with van der Waals surface area (Å²) in [7, 11) is 1.30. The van der Waals surface area contributed by atoms with Crippen LogP contribution in [0.15, 0.2) is 30.3 Å². The van der Waals surface area contributed by atoms with E-state index in [0.29, 0.717) is 11.3 Å². The summed E-state index contributed by atoms with van der Waals surface area (Å²) in [4.78, 5) is 22.4. The van der Waals surface area contributed by atoms with Crippen LogP contribution in [-0.2, 0) is 4.74 Å². The number of hydrogen-bond donors (Lipinski definition) is 0. The van der Waals surface area contributed by atoms with E-state index in [2.05, 4.69) is 9.84 Å². The molecule has 1 aromatic carbocycles. The van der Waals surface area contributed by atoms with E-state index in [9.17, 15) is 9.59 Å². The van der Waals surface area contributed by atoms with E-state index < -0.39 is 5.97 Å². The molecule has 0 fully saturated rings. The molecule has 0 saturated heterocycles. The molecule has 2 aromatic rings. The maximum absolute atomic E-state index is 11.4. The predicted molar refractivity (Wildman–Crippen MR) is 65.0 cm³/mol. The maximum atomic E-state index is 11.4. The van der Waals surface area contributed by atoms with Crippen LogP contribution < -0.4 is 0 Å². The van der Waals surface area contributed by atoms with Crippen molar-refractivity contribution < 1.29 is 14.3 Å². The first-order valence-electron chi connectivity index (χ1n) is 5.37.